The number of H-pyrrole nitrogens is 1. The number of aromatic amines is 1. The fourth-order valence-electron chi connectivity index (χ4n) is 13.8. The highest BCUT2D eigenvalue weighted by Crippen LogP contribution is 2.54. The molecule has 7 rings (SSSR count). The molecule has 0 saturated heterocycles. The Kier molecular flexibility index (Phi) is 14.4. The number of rotatable bonds is 11. The Balaban J connectivity index is 1.57. The Morgan fingerprint density at radius 2 is 1.03 bits per heavy atom. The highest BCUT2D eigenvalue weighted by atomic mass is 14.9. The van der Waals surface area contributed by atoms with E-state index in [0.717, 1.165) is 18.3 Å². The van der Waals surface area contributed by atoms with Gasteiger partial charge in [0.1, 0.15) is 0 Å². The molecule has 0 spiro atoms. The molecule has 8 atom stereocenters. The molecular formula is C57H88N2. The number of aliphatic imine (C=N–C) groups is 1. The Morgan fingerprint density at radius 3 is 1.54 bits per heavy atom. The first-order chi connectivity index (χ1) is 28.2. The average Bonchev–Trinajstić information content (AvgIpc) is 3.83. The van der Waals surface area contributed by atoms with Crippen LogP contribution in [0.4, 0.5) is 0 Å². The van der Waals surface area contributed by atoms with E-state index in [2.05, 4.69) is 118 Å². The summed E-state index contributed by atoms with van der Waals surface area (Å²) in [6.45, 7) is 29.7. The van der Waals surface area contributed by atoms with Gasteiger partial charge in [-0.1, -0.05) is 159 Å². The van der Waals surface area contributed by atoms with E-state index in [1.54, 1.807) is 22.4 Å². The summed E-state index contributed by atoms with van der Waals surface area (Å²) in [5.74, 6) is 7.93. The second-order valence-corrected chi connectivity index (χ2v) is 23.0. The van der Waals surface area contributed by atoms with Crippen molar-refractivity contribution in [1.29, 1.82) is 0 Å². The summed E-state index contributed by atoms with van der Waals surface area (Å²) < 4.78 is 0. The van der Waals surface area contributed by atoms with Crippen LogP contribution in [0.3, 0.4) is 0 Å². The number of aromatic nitrogens is 1. The van der Waals surface area contributed by atoms with E-state index < -0.39 is 0 Å². The van der Waals surface area contributed by atoms with Gasteiger partial charge < -0.3 is 4.98 Å². The largest absolute Gasteiger partial charge is 0.358 e. The first kappa shape index (κ1) is 44.7. The lowest BCUT2D eigenvalue weighted by Gasteiger charge is -2.38. The fourth-order valence-corrected chi connectivity index (χ4v) is 13.8. The number of allylic oxidation sites excluding steroid dienone is 2. The van der Waals surface area contributed by atoms with E-state index in [1.807, 2.05) is 0 Å². The lowest BCUT2D eigenvalue weighted by Crippen LogP contribution is -2.31. The first-order valence-corrected chi connectivity index (χ1v) is 25.6. The fraction of sp³-hybridized carbons (Fsp3) is 0.737. The highest BCUT2D eigenvalue weighted by Gasteiger charge is 2.43. The monoisotopic (exact) mass is 801 g/mol. The maximum absolute atomic E-state index is 6.28. The molecule has 4 saturated carbocycles. The maximum Gasteiger partial charge on any atom is 0.0770 e. The lowest BCUT2D eigenvalue weighted by atomic mass is 9.66. The zero-order valence-electron chi connectivity index (χ0n) is 40.3. The van der Waals surface area contributed by atoms with Crippen molar-refractivity contribution < 1.29 is 0 Å². The molecule has 8 unspecified atom stereocenters. The normalized spacial score (nSPS) is 30.9. The summed E-state index contributed by atoms with van der Waals surface area (Å²) in [6, 6.07) is 12.7. The standard InChI is InChI=1S/C57H88N2/c1-13-41-53(48-28-20-16-24-44(48)37(6)7)56(59-54(41)49-29-21-17-25-45(49)38(8)9)52(39-30-32-40(33-31-39)57(10,11)12)55-50(46-26-18-14-22-42(46)35(2)3)34-51(58-55)47-27-19-15-23-43(47)36(4)5/h30-38,42-49,58H,13-29H2,1-12H3. The summed E-state index contributed by atoms with van der Waals surface area (Å²) >= 11 is 0. The van der Waals surface area contributed by atoms with E-state index in [-0.39, 0.29) is 5.41 Å². The minimum Gasteiger partial charge on any atom is -0.358 e. The lowest BCUT2D eigenvalue weighted by molar-refractivity contribution is 0.209. The molecule has 4 fully saturated rings. The summed E-state index contributed by atoms with van der Waals surface area (Å²) in [4.78, 5) is 10.8. The van der Waals surface area contributed by atoms with Gasteiger partial charge in [0, 0.05) is 28.8 Å². The molecule has 1 aromatic carbocycles. The number of benzene rings is 1. The van der Waals surface area contributed by atoms with E-state index in [4.69, 9.17) is 4.99 Å². The second-order valence-electron chi connectivity index (χ2n) is 23.0. The summed E-state index contributed by atoms with van der Waals surface area (Å²) in [5, 5.41) is 0. The van der Waals surface area contributed by atoms with Crippen LogP contribution in [0.5, 0.6) is 0 Å². The molecule has 2 heteroatoms. The van der Waals surface area contributed by atoms with Gasteiger partial charge in [0.2, 0.25) is 0 Å². The van der Waals surface area contributed by atoms with E-state index in [0.29, 0.717) is 59.2 Å². The molecular weight excluding hydrogens is 713 g/mol. The Morgan fingerprint density at radius 1 is 0.593 bits per heavy atom. The summed E-state index contributed by atoms with van der Waals surface area (Å²) in [5.41, 5.74) is 15.2. The molecule has 2 heterocycles. The van der Waals surface area contributed by atoms with Crippen molar-refractivity contribution in [3.05, 3.63) is 75.3 Å². The van der Waals surface area contributed by atoms with Crippen molar-refractivity contribution >= 4 is 11.3 Å². The van der Waals surface area contributed by atoms with Gasteiger partial charge in [-0.25, -0.2) is 0 Å². The van der Waals surface area contributed by atoms with Gasteiger partial charge in [0.25, 0.3) is 0 Å². The van der Waals surface area contributed by atoms with Gasteiger partial charge in [0.15, 0.2) is 0 Å². The Bertz CT molecular complexity index is 1800. The van der Waals surface area contributed by atoms with Crippen LogP contribution in [0.25, 0.3) is 5.57 Å². The van der Waals surface area contributed by atoms with Crippen LogP contribution in [0.15, 0.2) is 52.2 Å². The van der Waals surface area contributed by atoms with Gasteiger partial charge in [-0.3, -0.25) is 4.99 Å². The molecule has 5 aliphatic rings. The van der Waals surface area contributed by atoms with Gasteiger partial charge in [0.05, 0.1) is 11.4 Å². The smallest absolute Gasteiger partial charge is 0.0770 e. The Labute approximate surface area is 363 Å². The van der Waals surface area contributed by atoms with Crippen LogP contribution >= 0.6 is 0 Å². The zero-order chi connectivity index (χ0) is 42.2. The van der Waals surface area contributed by atoms with E-state index in [9.17, 15) is 0 Å². The third-order valence-electron chi connectivity index (χ3n) is 17.1. The van der Waals surface area contributed by atoms with Crippen LogP contribution < -0.4 is 0 Å². The van der Waals surface area contributed by atoms with Gasteiger partial charge in [-0.2, -0.15) is 0 Å². The molecule has 0 radical (unpaired) electrons. The van der Waals surface area contributed by atoms with Crippen LogP contribution in [-0.4, -0.2) is 10.7 Å². The second kappa shape index (κ2) is 19.0. The molecule has 1 N–H and O–H groups in total. The third-order valence-corrected chi connectivity index (χ3v) is 17.1. The minimum absolute atomic E-state index is 0.106. The van der Waals surface area contributed by atoms with Crippen molar-refractivity contribution in [2.24, 2.45) is 64.2 Å². The van der Waals surface area contributed by atoms with E-state index >= 15 is 0 Å². The number of nitrogens with one attached hydrogen (secondary N) is 1. The van der Waals surface area contributed by atoms with E-state index in [1.165, 1.54) is 137 Å². The van der Waals surface area contributed by atoms with Crippen molar-refractivity contribution in [2.45, 2.75) is 209 Å². The average molecular weight is 801 g/mol. The maximum atomic E-state index is 6.28. The summed E-state index contributed by atoms with van der Waals surface area (Å²) in [6.07, 6.45) is 22.7. The van der Waals surface area contributed by atoms with Gasteiger partial charge >= 0.3 is 0 Å². The molecule has 59 heavy (non-hydrogen) atoms. The van der Waals surface area contributed by atoms with Crippen LogP contribution in [0.1, 0.15) is 232 Å². The number of hydrogen-bond donors (Lipinski definition) is 1. The molecule has 2 nitrogen and oxygen atoms in total. The van der Waals surface area contributed by atoms with Crippen molar-refractivity contribution in [2.75, 3.05) is 0 Å². The molecule has 2 aromatic rings. The Hall–Kier alpha value is -2.35. The SMILES string of the molecule is CCC1=C(C2CCCCC2C(C)C)C(=C(c2ccc(C(C)(C)C)cc2)c2[nH]c(C3CCCCC3C(C)C)cc2C2CCCCC2C(C)C)N=C1C1CCCCC1C(C)C. The quantitative estimate of drug-likeness (QED) is 0.234. The minimum atomic E-state index is 0.106. The van der Waals surface area contributed by atoms with Crippen molar-refractivity contribution in [1.82, 2.24) is 4.98 Å². The summed E-state index contributed by atoms with van der Waals surface area (Å²) in [7, 11) is 0. The van der Waals surface area contributed by atoms with Gasteiger partial charge in [-0.15, -0.1) is 0 Å². The number of nitrogens with zero attached hydrogens (tertiary/aromatic N) is 1. The molecule has 4 aliphatic carbocycles. The first-order valence-electron chi connectivity index (χ1n) is 25.6. The van der Waals surface area contributed by atoms with Crippen LogP contribution in [-0.2, 0) is 5.41 Å². The molecule has 1 aliphatic heterocycles. The number of hydrogen-bond acceptors (Lipinski definition) is 1. The molecule has 0 bridgehead atoms. The van der Waals surface area contributed by atoms with Crippen molar-refractivity contribution in [3.63, 3.8) is 0 Å². The predicted molar refractivity (Wildman–Crippen MR) is 256 cm³/mol. The van der Waals surface area contributed by atoms with Gasteiger partial charge in [-0.05, 0) is 156 Å². The van der Waals surface area contributed by atoms with Crippen LogP contribution in [0.2, 0.25) is 0 Å². The van der Waals surface area contributed by atoms with Crippen LogP contribution in [0, 0.1) is 59.2 Å². The third kappa shape index (κ3) is 9.24. The molecule has 326 valence electrons. The topological polar surface area (TPSA) is 28.1 Å². The highest BCUT2D eigenvalue weighted by molar-refractivity contribution is 6.08. The zero-order valence-corrected chi connectivity index (χ0v) is 40.3. The molecule has 0 amide bonds. The van der Waals surface area contributed by atoms with Crippen molar-refractivity contribution in [3.8, 4) is 0 Å². The predicted octanol–water partition coefficient (Wildman–Crippen LogP) is 17.0. The molecule has 1 aromatic heterocycles.